The van der Waals surface area contributed by atoms with Crippen LogP contribution in [0.1, 0.15) is 65.6 Å². The number of hydrogen-bond donors (Lipinski definition) is 1. The molecule has 36 heavy (non-hydrogen) atoms. The lowest BCUT2D eigenvalue weighted by Gasteiger charge is -2.36. The second-order valence-corrected chi connectivity index (χ2v) is 10.2. The van der Waals surface area contributed by atoms with Crippen LogP contribution in [0, 0.1) is 12.8 Å². The van der Waals surface area contributed by atoms with Gasteiger partial charge in [0.1, 0.15) is 11.6 Å². The molecule has 2 aromatic heterocycles. The van der Waals surface area contributed by atoms with E-state index in [1.807, 2.05) is 17.9 Å². The number of fused-ring (bicyclic) bond motifs is 1. The Morgan fingerprint density at radius 1 is 1.03 bits per heavy atom. The number of carbonyl (C=O) groups excluding carboxylic acids is 1. The van der Waals surface area contributed by atoms with E-state index in [0.29, 0.717) is 0 Å². The molecule has 5 rings (SSSR count). The van der Waals surface area contributed by atoms with Crippen molar-refractivity contribution < 1.29 is 9.90 Å². The SMILES string of the molecule is CC(=O)N1CCN(c2cccc3c2ccn3-c2ccnc(C)n2)CC1.CC(C)O.CC1CCCCC1. The van der Waals surface area contributed by atoms with Crippen molar-refractivity contribution >= 4 is 22.5 Å². The molecule has 0 spiro atoms. The number of aliphatic hydroxyl groups excluding tert-OH is 1. The molecule has 1 saturated heterocycles. The summed E-state index contributed by atoms with van der Waals surface area (Å²) in [4.78, 5) is 24.5. The van der Waals surface area contributed by atoms with E-state index in [4.69, 9.17) is 5.11 Å². The van der Waals surface area contributed by atoms with Gasteiger partial charge >= 0.3 is 0 Å². The number of piperazine rings is 1. The van der Waals surface area contributed by atoms with Gasteiger partial charge in [-0.2, -0.15) is 0 Å². The van der Waals surface area contributed by atoms with Gasteiger partial charge in [0.15, 0.2) is 0 Å². The zero-order chi connectivity index (χ0) is 26.1. The number of anilines is 1. The lowest BCUT2D eigenvalue weighted by molar-refractivity contribution is -0.129. The Hall–Kier alpha value is -2.93. The maximum Gasteiger partial charge on any atom is 0.219 e. The minimum atomic E-state index is -0.167. The van der Waals surface area contributed by atoms with Gasteiger partial charge in [0, 0.05) is 62.7 Å². The number of nitrogens with zero attached hydrogens (tertiary/aromatic N) is 5. The number of aryl methyl sites for hydroxylation is 1. The van der Waals surface area contributed by atoms with E-state index in [2.05, 4.69) is 56.8 Å². The average Bonchev–Trinajstić information content (AvgIpc) is 3.29. The fourth-order valence-electron chi connectivity index (χ4n) is 4.77. The summed E-state index contributed by atoms with van der Waals surface area (Å²) in [5.74, 6) is 2.83. The largest absolute Gasteiger partial charge is 0.394 e. The highest BCUT2D eigenvalue weighted by atomic mass is 16.3. The first kappa shape index (κ1) is 27.7. The molecular formula is C29H43N5O2. The van der Waals surface area contributed by atoms with Gasteiger partial charge in [-0.05, 0) is 51.0 Å². The molecule has 1 aliphatic carbocycles. The van der Waals surface area contributed by atoms with Crippen LogP contribution in [-0.4, -0.2) is 62.7 Å². The van der Waals surface area contributed by atoms with Crippen LogP contribution < -0.4 is 4.90 Å². The van der Waals surface area contributed by atoms with Crippen molar-refractivity contribution in [2.45, 2.75) is 72.8 Å². The molecule has 1 amide bonds. The van der Waals surface area contributed by atoms with Crippen LogP contribution in [0.5, 0.6) is 0 Å². The number of benzene rings is 1. The first-order valence-corrected chi connectivity index (χ1v) is 13.3. The number of aromatic nitrogens is 3. The van der Waals surface area contributed by atoms with Crippen molar-refractivity contribution in [2.75, 3.05) is 31.1 Å². The van der Waals surface area contributed by atoms with Gasteiger partial charge in [-0.3, -0.25) is 4.79 Å². The molecule has 7 nitrogen and oxygen atoms in total. The summed E-state index contributed by atoms with van der Waals surface area (Å²) in [5.41, 5.74) is 2.34. The van der Waals surface area contributed by atoms with Crippen LogP contribution in [-0.2, 0) is 4.79 Å². The number of amides is 1. The molecular weight excluding hydrogens is 450 g/mol. The standard InChI is InChI=1S/C19H21N5O.C7H14.C3H8O/c1-14-20-8-6-19(21-14)24-9-7-16-17(4-3-5-18(16)24)23-12-10-22(11-13-23)15(2)25;1-7-5-3-2-4-6-7;1-3(2)4/h3-9H,10-13H2,1-2H3;7H,2-6H2,1H3;3-4H,1-2H3. The second kappa shape index (κ2) is 13.4. The predicted molar refractivity (Wildman–Crippen MR) is 148 cm³/mol. The van der Waals surface area contributed by atoms with E-state index >= 15 is 0 Å². The third-order valence-electron chi connectivity index (χ3n) is 6.68. The molecule has 0 bridgehead atoms. The second-order valence-electron chi connectivity index (χ2n) is 10.2. The van der Waals surface area contributed by atoms with E-state index in [0.717, 1.165) is 49.3 Å². The summed E-state index contributed by atoms with van der Waals surface area (Å²) in [7, 11) is 0. The van der Waals surface area contributed by atoms with Gasteiger partial charge in [-0.15, -0.1) is 0 Å². The molecule has 2 aliphatic rings. The first-order chi connectivity index (χ1) is 17.3. The molecule has 0 atom stereocenters. The Morgan fingerprint density at radius 2 is 1.69 bits per heavy atom. The van der Waals surface area contributed by atoms with E-state index in [9.17, 15) is 4.79 Å². The summed E-state index contributed by atoms with van der Waals surface area (Å²) >= 11 is 0. The molecule has 196 valence electrons. The summed E-state index contributed by atoms with van der Waals surface area (Å²) < 4.78 is 2.10. The van der Waals surface area contributed by atoms with Crippen molar-refractivity contribution in [2.24, 2.45) is 5.92 Å². The molecule has 7 heteroatoms. The number of hydrogen-bond acceptors (Lipinski definition) is 5. The summed E-state index contributed by atoms with van der Waals surface area (Å²) in [6, 6.07) is 10.4. The van der Waals surface area contributed by atoms with Crippen LogP contribution in [0.15, 0.2) is 42.7 Å². The predicted octanol–water partition coefficient (Wildman–Crippen LogP) is 5.37. The minimum Gasteiger partial charge on any atom is -0.394 e. The van der Waals surface area contributed by atoms with Crippen LogP contribution in [0.3, 0.4) is 0 Å². The van der Waals surface area contributed by atoms with Crippen molar-refractivity contribution in [1.29, 1.82) is 0 Å². The molecule has 0 radical (unpaired) electrons. The van der Waals surface area contributed by atoms with Gasteiger partial charge in [0.25, 0.3) is 0 Å². The molecule has 1 aliphatic heterocycles. The van der Waals surface area contributed by atoms with Crippen LogP contribution in [0.2, 0.25) is 0 Å². The summed E-state index contributed by atoms with van der Waals surface area (Å²) in [6.07, 6.45) is 11.1. The fourth-order valence-corrected chi connectivity index (χ4v) is 4.77. The Bertz CT molecular complexity index is 1090. The Morgan fingerprint density at radius 3 is 2.25 bits per heavy atom. The van der Waals surface area contributed by atoms with Crippen molar-refractivity contribution in [1.82, 2.24) is 19.4 Å². The Labute approximate surface area is 216 Å². The topological polar surface area (TPSA) is 74.5 Å². The Balaban J connectivity index is 0.000000274. The van der Waals surface area contributed by atoms with Gasteiger partial charge in [0.05, 0.1) is 5.52 Å². The highest BCUT2D eigenvalue weighted by Crippen LogP contribution is 2.30. The normalized spacial score (nSPS) is 16.3. The summed E-state index contributed by atoms with van der Waals surface area (Å²) in [6.45, 7) is 12.6. The highest BCUT2D eigenvalue weighted by Gasteiger charge is 2.20. The smallest absolute Gasteiger partial charge is 0.219 e. The van der Waals surface area contributed by atoms with Crippen molar-refractivity contribution in [3.63, 3.8) is 0 Å². The minimum absolute atomic E-state index is 0.156. The van der Waals surface area contributed by atoms with E-state index in [1.54, 1.807) is 27.0 Å². The maximum absolute atomic E-state index is 11.5. The third kappa shape index (κ3) is 7.79. The van der Waals surface area contributed by atoms with Gasteiger partial charge in [-0.1, -0.05) is 45.1 Å². The zero-order valence-corrected chi connectivity index (χ0v) is 22.7. The molecule has 2 fully saturated rings. The fraction of sp³-hybridized carbons (Fsp3) is 0.552. The van der Waals surface area contributed by atoms with E-state index < -0.39 is 0 Å². The lowest BCUT2D eigenvalue weighted by atomic mass is 9.91. The third-order valence-corrected chi connectivity index (χ3v) is 6.68. The molecule has 1 saturated carbocycles. The first-order valence-electron chi connectivity index (χ1n) is 13.3. The van der Waals surface area contributed by atoms with Gasteiger partial charge < -0.3 is 19.5 Å². The lowest BCUT2D eigenvalue weighted by Crippen LogP contribution is -2.48. The molecule has 1 aromatic carbocycles. The summed E-state index contributed by atoms with van der Waals surface area (Å²) in [5, 5.41) is 9.26. The van der Waals surface area contributed by atoms with Crippen LogP contribution in [0.25, 0.3) is 16.7 Å². The van der Waals surface area contributed by atoms with Crippen molar-refractivity contribution in [3.8, 4) is 5.82 Å². The monoisotopic (exact) mass is 493 g/mol. The quantitative estimate of drug-likeness (QED) is 0.519. The van der Waals surface area contributed by atoms with Gasteiger partial charge in [0.2, 0.25) is 5.91 Å². The van der Waals surface area contributed by atoms with Crippen molar-refractivity contribution in [3.05, 3.63) is 48.5 Å². The molecule has 0 unspecified atom stereocenters. The number of rotatable bonds is 2. The van der Waals surface area contributed by atoms with Gasteiger partial charge in [-0.25, -0.2) is 9.97 Å². The van der Waals surface area contributed by atoms with Crippen LogP contribution in [0.4, 0.5) is 5.69 Å². The molecule has 3 aromatic rings. The number of aliphatic hydroxyl groups is 1. The van der Waals surface area contributed by atoms with E-state index in [-0.39, 0.29) is 12.0 Å². The molecule has 1 N–H and O–H groups in total. The zero-order valence-electron chi connectivity index (χ0n) is 22.7. The number of carbonyl (C=O) groups is 1. The average molecular weight is 494 g/mol. The van der Waals surface area contributed by atoms with E-state index in [1.165, 1.54) is 43.2 Å². The van der Waals surface area contributed by atoms with Crippen LogP contribution >= 0.6 is 0 Å². The maximum atomic E-state index is 11.5. The highest BCUT2D eigenvalue weighted by molar-refractivity contribution is 5.94. The molecule has 3 heterocycles. The Kier molecular flexibility index (Phi) is 10.3.